The molecular formula is C8H11FN2. The van der Waals surface area contributed by atoms with Crippen LogP contribution in [0.25, 0.3) is 0 Å². The molecule has 1 heterocycles. The van der Waals surface area contributed by atoms with E-state index in [2.05, 4.69) is 10.3 Å². The highest BCUT2D eigenvalue weighted by molar-refractivity contribution is 5.10. The molecule has 0 saturated carbocycles. The highest BCUT2D eigenvalue weighted by atomic mass is 19.1. The first-order valence-electron chi connectivity index (χ1n) is 3.57. The second-order valence-corrected chi connectivity index (χ2v) is 2.36. The van der Waals surface area contributed by atoms with Crippen molar-refractivity contribution < 1.29 is 4.39 Å². The summed E-state index contributed by atoms with van der Waals surface area (Å²) in [5.41, 5.74) is 0.930. The minimum atomic E-state index is -0.265. The van der Waals surface area contributed by atoms with Crippen molar-refractivity contribution in [1.82, 2.24) is 10.3 Å². The summed E-state index contributed by atoms with van der Waals surface area (Å²) in [6, 6.07) is 1.50. The topological polar surface area (TPSA) is 24.9 Å². The molecule has 0 bridgehead atoms. The summed E-state index contributed by atoms with van der Waals surface area (Å²) in [5.74, 6) is -0.265. The predicted molar refractivity (Wildman–Crippen MR) is 41.8 cm³/mol. The Balaban J connectivity index is 2.56. The van der Waals surface area contributed by atoms with E-state index in [0.717, 1.165) is 18.5 Å². The monoisotopic (exact) mass is 154 g/mol. The molecule has 0 aliphatic heterocycles. The van der Waals surface area contributed by atoms with Crippen molar-refractivity contribution in [1.29, 1.82) is 0 Å². The number of likely N-dealkylation sites (N-methyl/N-ethyl adjacent to an activating group) is 1. The summed E-state index contributed by atoms with van der Waals surface area (Å²) in [6.45, 7) is 0.852. The van der Waals surface area contributed by atoms with Crippen LogP contribution in [0.15, 0.2) is 18.5 Å². The Morgan fingerprint density at radius 3 is 3.00 bits per heavy atom. The maximum Gasteiger partial charge on any atom is 0.141 e. The Labute approximate surface area is 65.5 Å². The van der Waals surface area contributed by atoms with Gasteiger partial charge in [-0.1, -0.05) is 0 Å². The molecule has 1 aromatic heterocycles. The predicted octanol–water partition coefficient (Wildman–Crippen LogP) is 0.983. The van der Waals surface area contributed by atoms with Gasteiger partial charge in [-0.25, -0.2) is 4.39 Å². The standard InChI is InChI=1S/C8H11FN2/c1-10-3-2-7-4-8(9)6-11-5-7/h4-6,10H,2-3H2,1H3. The van der Waals surface area contributed by atoms with E-state index in [1.807, 2.05) is 7.05 Å². The molecule has 11 heavy (non-hydrogen) atoms. The quantitative estimate of drug-likeness (QED) is 0.702. The van der Waals surface area contributed by atoms with Gasteiger partial charge in [0.15, 0.2) is 0 Å². The number of nitrogens with one attached hydrogen (secondary N) is 1. The summed E-state index contributed by atoms with van der Waals surface area (Å²) >= 11 is 0. The molecule has 0 unspecified atom stereocenters. The van der Waals surface area contributed by atoms with E-state index in [1.54, 1.807) is 6.20 Å². The fraction of sp³-hybridized carbons (Fsp3) is 0.375. The number of pyridine rings is 1. The summed E-state index contributed by atoms with van der Waals surface area (Å²) in [4.78, 5) is 3.73. The Morgan fingerprint density at radius 1 is 1.55 bits per heavy atom. The van der Waals surface area contributed by atoms with Crippen LogP contribution in [0.5, 0.6) is 0 Å². The molecule has 0 saturated heterocycles. The SMILES string of the molecule is CNCCc1cncc(F)c1. The fourth-order valence-corrected chi connectivity index (χ4v) is 0.862. The van der Waals surface area contributed by atoms with Gasteiger partial charge >= 0.3 is 0 Å². The van der Waals surface area contributed by atoms with Crippen LogP contribution in [0.3, 0.4) is 0 Å². The van der Waals surface area contributed by atoms with Crippen LogP contribution < -0.4 is 5.32 Å². The van der Waals surface area contributed by atoms with Gasteiger partial charge in [-0.3, -0.25) is 4.98 Å². The van der Waals surface area contributed by atoms with Crippen molar-refractivity contribution in [2.45, 2.75) is 6.42 Å². The molecule has 60 valence electrons. The minimum absolute atomic E-state index is 0.265. The van der Waals surface area contributed by atoms with Gasteiger partial charge in [0.1, 0.15) is 5.82 Å². The normalized spacial score (nSPS) is 10.0. The third-order valence-electron chi connectivity index (χ3n) is 1.43. The van der Waals surface area contributed by atoms with E-state index < -0.39 is 0 Å². The van der Waals surface area contributed by atoms with Crippen molar-refractivity contribution in [3.05, 3.63) is 29.8 Å². The van der Waals surface area contributed by atoms with Crippen molar-refractivity contribution in [3.8, 4) is 0 Å². The number of rotatable bonds is 3. The fourth-order valence-electron chi connectivity index (χ4n) is 0.862. The van der Waals surface area contributed by atoms with Crippen LogP contribution in [0.4, 0.5) is 4.39 Å². The largest absolute Gasteiger partial charge is 0.319 e. The second kappa shape index (κ2) is 4.03. The Bertz CT molecular complexity index is 225. The van der Waals surface area contributed by atoms with Gasteiger partial charge in [-0.15, -0.1) is 0 Å². The number of nitrogens with zero attached hydrogens (tertiary/aromatic N) is 1. The van der Waals surface area contributed by atoms with Gasteiger partial charge in [0.2, 0.25) is 0 Å². The van der Waals surface area contributed by atoms with Crippen molar-refractivity contribution in [2.24, 2.45) is 0 Å². The van der Waals surface area contributed by atoms with E-state index in [-0.39, 0.29) is 5.82 Å². The van der Waals surface area contributed by atoms with Gasteiger partial charge in [-0.05, 0) is 31.6 Å². The molecule has 3 heteroatoms. The highest BCUT2D eigenvalue weighted by Crippen LogP contribution is 2.00. The van der Waals surface area contributed by atoms with Crippen LogP contribution in [0, 0.1) is 5.82 Å². The number of halogens is 1. The summed E-state index contributed by atoms with van der Waals surface area (Å²) < 4.78 is 12.5. The van der Waals surface area contributed by atoms with Gasteiger partial charge in [0.05, 0.1) is 6.20 Å². The third kappa shape index (κ3) is 2.63. The van der Waals surface area contributed by atoms with Crippen LogP contribution in [-0.4, -0.2) is 18.6 Å². The maximum absolute atomic E-state index is 12.5. The molecule has 2 nitrogen and oxygen atoms in total. The lowest BCUT2D eigenvalue weighted by atomic mass is 10.2. The Morgan fingerprint density at radius 2 is 2.36 bits per heavy atom. The van der Waals surface area contributed by atoms with E-state index in [1.165, 1.54) is 12.3 Å². The number of aromatic nitrogens is 1. The van der Waals surface area contributed by atoms with E-state index in [4.69, 9.17) is 0 Å². The molecule has 0 atom stereocenters. The Kier molecular flexibility index (Phi) is 2.98. The van der Waals surface area contributed by atoms with Crippen LogP contribution in [-0.2, 0) is 6.42 Å². The van der Waals surface area contributed by atoms with Gasteiger partial charge in [-0.2, -0.15) is 0 Å². The van der Waals surface area contributed by atoms with E-state index in [0.29, 0.717) is 0 Å². The average molecular weight is 154 g/mol. The molecule has 0 aliphatic rings. The summed E-state index contributed by atoms with van der Waals surface area (Å²) in [6.07, 6.45) is 3.71. The lowest BCUT2D eigenvalue weighted by Crippen LogP contribution is -2.10. The smallest absolute Gasteiger partial charge is 0.141 e. The molecular weight excluding hydrogens is 143 g/mol. The first-order valence-corrected chi connectivity index (χ1v) is 3.57. The zero-order valence-corrected chi connectivity index (χ0v) is 6.47. The molecule has 0 aromatic carbocycles. The molecule has 0 spiro atoms. The lowest BCUT2D eigenvalue weighted by Gasteiger charge is -1.98. The molecule has 0 radical (unpaired) electrons. The van der Waals surface area contributed by atoms with Crippen LogP contribution >= 0.6 is 0 Å². The van der Waals surface area contributed by atoms with Gasteiger partial charge < -0.3 is 5.32 Å². The van der Waals surface area contributed by atoms with E-state index in [9.17, 15) is 4.39 Å². The Hall–Kier alpha value is -0.960. The minimum Gasteiger partial charge on any atom is -0.319 e. The number of hydrogen-bond acceptors (Lipinski definition) is 2. The highest BCUT2D eigenvalue weighted by Gasteiger charge is 1.93. The summed E-state index contributed by atoms with van der Waals surface area (Å²) in [5, 5.41) is 2.99. The summed E-state index contributed by atoms with van der Waals surface area (Å²) in [7, 11) is 1.87. The van der Waals surface area contributed by atoms with Crippen LogP contribution in [0.2, 0.25) is 0 Å². The first-order chi connectivity index (χ1) is 5.33. The molecule has 1 rings (SSSR count). The zero-order valence-electron chi connectivity index (χ0n) is 6.47. The van der Waals surface area contributed by atoms with Crippen molar-refractivity contribution in [3.63, 3.8) is 0 Å². The first kappa shape index (κ1) is 8.14. The molecule has 0 aliphatic carbocycles. The number of hydrogen-bond donors (Lipinski definition) is 1. The van der Waals surface area contributed by atoms with Crippen LogP contribution in [0.1, 0.15) is 5.56 Å². The third-order valence-corrected chi connectivity index (χ3v) is 1.43. The van der Waals surface area contributed by atoms with Crippen molar-refractivity contribution >= 4 is 0 Å². The average Bonchev–Trinajstić information content (AvgIpc) is 2.01. The van der Waals surface area contributed by atoms with Gasteiger partial charge in [0, 0.05) is 6.20 Å². The molecule has 0 fully saturated rings. The zero-order chi connectivity index (χ0) is 8.10. The van der Waals surface area contributed by atoms with Gasteiger partial charge in [0.25, 0.3) is 0 Å². The van der Waals surface area contributed by atoms with E-state index >= 15 is 0 Å². The molecule has 1 aromatic rings. The second-order valence-electron chi connectivity index (χ2n) is 2.36. The lowest BCUT2D eigenvalue weighted by molar-refractivity contribution is 0.617. The van der Waals surface area contributed by atoms with Crippen molar-refractivity contribution in [2.75, 3.05) is 13.6 Å². The molecule has 0 amide bonds. The molecule has 1 N–H and O–H groups in total. The maximum atomic E-state index is 12.5.